The summed E-state index contributed by atoms with van der Waals surface area (Å²) in [6.07, 6.45) is 4.69. The summed E-state index contributed by atoms with van der Waals surface area (Å²) in [6.45, 7) is 4.24. The molecule has 0 aliphatic heterocycles. The molecular weight excluding hydrogens is 268 g/mol. The lowest BCUT2D eigenvalue weighted by molar-refractivity contribution is -0.193. The molecule has 4 nitrogen and oxygen atoms in total. The van der Waals surface area contributed by atoms with Crippen LogP contribution in [0.3, 0.4) is 0 Å². The van der Waals surface area contributed by atoms with E-state index < -0.39 is 5.79 Å². The molecule has 0 bridgehead atoms. The number of ether oxygens (including phenoxy) is 3. The predicted molar refractivity (Wildman–Crippen MR) is 76.3 cm³/mol. The van der Waals surface area contributed by atoms with Crippen LogP contribution < -0.4 is 0 Å². The molecule has 0 heterocycles. The third kappa shape index (κ3) is 7.55. The molecule has 0 amide bonds. The summed E-state index contributed by atoms with van der Waals surface area (Å²) in [4.78, 5) is 11.2. The van der Waals surface area contributed by atoms with Gasteiger partial charge in [-0.1, -0.05) is 11.6 Å². The fraction of sp³-hybridized carbons (Fsp3) is 0.786. The molecule has 0 unspecified atom stereocenters. The van der Waals surface area contributed by atoms with Crippen molar-refractivity contribution in [3.8, 4) is 0 Å². The van der Waals surface area contributed by atoms with Gasteiger partial charge in [0.25, 0.3) is 0 Å². The zero-order chi connectivity index (χ0) is 14.7. The number of alkyl halides is 1. The smallest absolute Gasteiger partial charge is 0.306 e. The minimum atomic E-state index is -0.723. The topological polar surface area (TPSA) is 44.8 Å². The number of esters is 1. The van der Waals surface area contributed by atoms with Crippen molar-refractivity contribution in [3.05, 3.63) is 11.6 Å². The second-order valence-corrected chi connectivity index (χ2v) is 4.61. The second-order valence-electron chi connectivity index (χ2n) is 4.35. The summed E-state index contributed by atoms with van der Waals surface area (Å²) in [7, 11) is 3.17. The van der Waals surface area contributed by atoms with Crippen LogP contribution in [0, 0.1) is 0 Å². The quantitative estimate of drug-likeness (QED) is 0.268. The van der Waals surface area contributed by atoms with Crippen molar-refractivity contribution in [1.29, 1.82) is 0 Å². The zero-order valence-electron chi connectivity index (χ0n) is 12.3. The van der Waals surface area contributed by atoms with Crippen molar-refractivity contribution in [2.45, 2.75) is 45.3 Å². The van der Waals surface area contributed by atoms with Crippen LogP contribution >= 0.6 is 11.6 Å². The van der Waals surface area contributed by atoms with Crippen molar-refractivity contribution in [1.82, 2.24) is 0 Å². The summed E-state index contributed by atoms with van der Waals surface area (Å²) in [5.41, 5.74) is 1.16. The van der Waals surface area contributed by atoms with E-state index >= 15 is 0 Å². The van der Waals surface area contributed by atoms with Gasteiger partial charge in [-0.15, -0.1) is 11.6 Å². The summed E-state index contributed by atoms with van der Waals surface area (Å²) in [5, 5.41) is 0. The third-order valence-corrected chi connectivity index (χ3v) is 3.40. The standard InChI is InChI=1S/C14H25ClO4/c1-5-19-13(16)9-8-12(2)7-6-10-14(11-15,17-3)18-4/h7H,5-6,8-11H2,1-4H3. The molecule has 0 aliphatic carbocycles. The van der Waals surface area contributed by atoms with Crippen molar-refractivity contribution in [2.75, 3.05) is 26.7 Å². The van der Waals surface area contributed by atoms with E-state index in [2.05, 4.69) is 6.08 Å². The van der Waals surface area contributed by atoms with E-state index in [1.165, 1.54) is 0 Å². The summed E-state index contributed by atoms with van der Waals surface area (Å²) < 4.78 is 15.5. The van der Waals surface area contributed by atoms with Gasteiger partial charge < -0.3 is 14.2 Å². The first-order valence-electron chi connectivity index (χ1n) is 6.51. The molecular formula is C14H25ClO4. The number of carbonyl (C=O) groups excluding carboxylic acids is 1. The molecule has 19 heavy (non-hydrogen) atoms. The van der Waals surface area contributed by atoms with E-state index in [1.807, 2.05) is 13.8 Å². The van der Waals surface area contributed by atoms with Crippen molar-refractivity contribution >= 4 is 17.6 Å². The Bertz CT molecular complexity index is 277. The molecule has 0 spiro atoms. The highest BCUT2D eigenvalue weighted by molar-refractivity contribution is 6.18. The second kappa shape index (κ2) is 10.2. The Morgan fingerprint density at radius 2 is 1.89 bits per heavy atom. The first-order chi connectivity index (χ1) is 9.03. The van der Waals surface area contributed by atoms with E-state index in [0.717, 1.165) is 12.0 Å². The zero-order valence-corrected chi connectivity index (χ0v) is 13.1. The van der Waals surface area contributed by atoms with E-state index in [1.54, 1.807) is 14.2 Å². The molecule has 0 saturated heterocycles. The Kier molecular flexibility index (Phi) is 9.92. The Hall–Kier alpha value is -0.580. The largest absolute Gasteiger partial charge is 0.466 e. The molecule has 0 rings (SSSR count). The Labute approximate surface area is 121 Å². The lowest BCUT2D eigenvalue weighted by atomic mass is 10.1. The maximum Gasteiger partial charge on any atom is 0.306 e. The molecule has 0 saturated carbocycles. The molecule has 0 aromatic heterocycles. The van der Waals surface area contributed by atoms with Crippen LogP contribution in [0.5, 0.6) is 0 Å². The number of hydrogen-bond acceptors (Lipinski definition) is 4. The van der Waals surface area contributed by atoms with Crippen LogP contribution in [-0.4, -0.2) is 38.5 Å². The van der Waals surface area contributed by atoms with Gasteiger partial charge in [-0.05, 0) is 26.7 Å². The molecule has 5 heteroatoms. The molecule has 0 atom stereocenters. The number of hydrogen-bond donors (Lipinski definition) is 0. The maximum atomic E-state index is 11.2. The summed E-state index contributed by atoms with van der Waals surface area (Å²) >= 11 is 5.85. The minimum absolute atomic E-state index is 0.154. The van der Waals surface area contributed by atoms with Gasteiger partial charge in [-0.2, -0.15) is 0 Å². The fourth-order valence-electron chi connectivity index (χ4n) is 1.64. The molecule has 0 fully saturated rings. The van der Waals surface area contributed by atoms with Gasteiger partial charge >= 0.3 is 5.97 Å². The van der Waals surface area contributed by atoms with Gasteiger partial charge in [0.05, 0.1) is 12.5 Å². The summed E-state index contributed by atoms with van der Waals surface area (Å²) in [6, 6.07) is 0. The van der Waals surface area contributed by atoms with E-state index in [9.17, 15) is 4.79 Å². The lowest BCUT2D eigenvalue weighted by Gasteiger charge is -2.28. The van der Waals surface area contributed by atoms with Crippen LogP contribution in [0.2, 0.25) is 0 Å². The highest BCUT2D eigenvalue weighted by Crippen LogP contribution is 2.21. The fourth-order valence-corrected chi connectivity index (χ4v) is 1.99. The minimum Gasteiger partial charge on any atom is -0.466 e. The van der Waals surface area contributed by atoms with E-state index in [0.29, 0.717) is 25.9 Å². The van der Waals surface area contributed by atoms with Crippen molar-refractivity contribution in [3.63, 3.8) is 0 Å². The molecule has 0 radical (unpaired) electrons. The SMILES string of the molecule is CCOC(=O)CCC(C)=CCCC(CCl)(OC)OC. The van der Waals surface area contributed by atoms with Gasteiger partial charge in [-0.25, -0.2) is 0 Å². The Morgan fingerprint density at radius 1 is 1.26 bits per heavy atom. The molecule has 0 aliphatic rings. The van der Waals surface area contributed by atoms with Crippen molar-refractivity contribution in [2.24, 2.45) is 0 Å². The lowest BCUT2D eigenvalue weighted by Crippen LogP contribution is -2.35. The van der Waals surface area contributed by atoms with Crippen LogP contribution in [0.4, 0.5) is 0 Å². The monoisotopic (exact) mass is 292 g/mol. The highest BCUT2D eigenvalue weighted by Gasteiger charge is 2.27. The number of halogens is 1. The van der Waals surface area contributed by atoms with Crippen LogP contribution in [0.1, 0.15) is 39.5 Å². The van der Waals surface area contributed by atoms with Crippen LogP contribution in [0.15, 0.2) is 11.6 Å². The first kappa shape index (κ1) is 18.4. The normalized spacial score (nSPS) is 12.6. The van der Waals surface area contributed by atoms with E-state index in [-0.39, 0.29) is 11.8 Å². The predicted octanol–water partition coefficient (Wildman–Crippen LogP) is 3.28. The highest BCUT2D eigenvalue weighted by atomic mass is 35.5. The molecule has 0 aromatic carbocycles. The molecule has 112 valence electrons. The average molecular weight is 293 g/mol. The Morgan fingerprint density at radius 3 is 2.37 bits per heavy atom. The van der Waals surface area contributed by atoms with Gasteiger partial charge in [0.15, 0.2) is 5.79 Å². The van der Waals surface area contributed by atoms with Gasteiger partial charge in [0.1, 0.15) is 0 Å². The van der Waals surface area contributed by atoms with Crippen LogP contribution in [-0.2, 0) is 19.0 Å². The van der Waals surface area contributed by atoms with Gasteiger partial charge in [-0.3, -0.25) is 4.79 Å². The van der Waals surface area contributed by atoms with E-state index in [4.69, 9.17) is 25.8 Å². The van der Waals surface area contributed by atoms with Crippen molar-refractivity contribution < 1.29 is 19.0 Å². The number of rotatable bonds is 10. The number of allylic oxidation sites excluding steroid dienone is 2. The number of carbonyl (C=O) groups is 1. The molecule has 0 aromatic rings. The number of methoxy groups -OCH3 is 2. The maximum absolute atomic E-state index is 11.2. The average Bonchev–Trinajstić information content (AvgIpc) is 2.42. The van der Waals surface area contributed by atoms with Gasteiger partial charge in [0, 0.05) is 27.1 Å². The Balaban J connectivity index is 4.07. The van der Waals surface area contributed by atoms with Crippen LogP contribution in [0.25, 0.3) is 0 Å². The summed E-state index contributed by atoms with van der Waals surface area (Å²) in [5.74, 6) is -0.589. The third-order valence-electron chi connectivity index (χ3n) is 2.99. The first-order valence-corrected chi connectivity index (χ1v) is 7.04. The molecule has 0 N–H and O–H groups in total. The van der Waals surface area contributed by atoms with Gasteiger partial charge in [0.2, 0.25) is 0 Å².